The van der Waals surface area contributed by atoms with Crippen LogP contribution in [0.5, 0.6) is 0 Å². The number of para-hydroxylation sites is 2. The normalized spacial score (nSPS) is 12.2. The summed E-state index contributed by atoms with van der Waals surface area (Å²) < 4.78 is 23.2. The summed E-state index contributed by atoms with van der Waals surface area (Å²) in [6.45, 7) is 0. The maximum absolute atomic E-state index is 6.52. The summed E-state index contributed by atoms with van der Waals surface area (Å²) in [5, 5.41) is 31.4. The maximum atomic E-state index is 6.52. The quantitative estimate of drug-likeness (QED) is 0.121. The van der Waals surface area contributed by atoms with E-state index in [1.807, 2.05) is 40.1 Å². The summed E-state index contributed by atoms with van der Waals surface area (Å²) in [5.41, 5.74) is 8.73. The van der Waals surface area contributed by atoms with E-state index in [0.29, 0.717) is 0 Å². The summed E-state index contributed by atoms with van der Waals surface area (Å²) in [6, 6.07) is 101. The molecule has 0 aliphatic rings. The van der Waals surface area contributed by atoms with E-state index in [2.05, 4.69) is 285 Å². The molecule has 6 aromatic heterocycles. The highest BCUT2D eigenvalue weighted by atomic mass is 32.1. The van der Waals surface area contributed by atoms with Gasteiger partial charge in [0, 0.05) is 143 Å². The third kappa shape index (κ3) is 7.35. The lowest BCUT2D eigenvalue weighted by Gasteiger charge is -2.20. The van der Waals surface area contributed by atoms with Crippen molar-refractivity contribution in [2.75, 3.05) is 0 Å². The molecule has 0 N–H and O–H groups in total. The Balaban J connectivity index is 0.0000000955. The number of nitrogens with zero attached hydrogens (tertiary/aromatic N) is 1. The summed E-state index contributed by atoms with van der Waals surface area (Å²) in [6.07, 6.45) is 0. The number of hydrogen-bond acceptors (Lipinski definition) is 5. The number of benzene rings is 16. The van der Waals surface area contributed by atoms with Crippen molar-refractivity contribution in [3.8, 4) is 11.1 Å². The minimum atomic E-state index is 0.921. The van der Waals surface area contributed by atoms with E-state index in [-0.39, 0.29) is 0 Å². The van der Waals surface area contributed by atoms with Crippen LogP contribution in [0.1, 0.15) is 0 Å². The van der Waals surface area contributed by atoms with Gasteiger partial charge in [-0.1, -0.05) is 200 Å². The third-order valence-corrected chi connectivity index (χ3v) is 22.7. The first kappa shape index (κ1) is 51.1. The number of aryl methyl sites for hydroxylation is 1. The fourth-order valence-electron chi connectivity index (χ4n) is 15.6. The zero-order valence-corrected chi connectivity index (χ0v) is 51.5. The lowest BCUT2D eigenvalue weighted by atomic mass is 9.90. The lowest BCUT2D eigenvalue weighted by molar-refractivity contribution is 0.662. The molecule has 0 aliphatic heterocycles. The molecule has 424 valence electrons. The van der Waals surface area contributed by atoms with Crippen LogP contribution in [-0.2, 0) is 7.05 Å². The molecule has 0 saturated carbocycles. The van der Waals surface area contributed by atoms with Gasteiger partial charge in [0.15, 0.2) is 0 Å². The minimum absolute atomic E-state index is 0.921. The van der Waals surface area contributed by atoms with E-state index in [1.54, 1.807) is 0 Å². The van der Waals surface area contributed by atoms with Gasteiger partial charge in [-0.25, -0.2) is 0 Å². The van der Waals surface area contributed by atoms with Crippen LogP contribution in [0.15, 0.2) is 288 Å². The Morgan fingerprint density at radius 3 is 1.09 bits per heavy atom. The van der Waals surface area contributed by atoms with E-state index in [9.17, 15) is 0 Å². The van der Waals surface area contributed by atoms with Crippen LogP contribution in [0.2, 0.25) is 0 Å². The summed E-state index contributed by atoms with van der Waals surface area (Å²) >= 11 is 5.65. The molecule has 3 nitrogen and oxygen atoms in total. The maximum Gasteiger partial charge on any atom is 0.135 e. The molecule has 0 saturated heterocycles. The summed E-state index contributed by atoms with van der Waals surface area (Å²) in [7, 11) is 2.19. The van der Waals surface area contributed by atoms with Gasteiger partial charge < -0.3 is 13.4 Å². The average Bonchev–Trinajstić information content (AvgIpc) is 0.724. The monoisotopic (exact) mass is 1210 g/mol. The lowest BCUT2D eigenvalue weighted by Crippen LogP contribution is -1.98. The predicted molar refractivity (Wildman–Crippen MR) is 397 cm³/mol. The molecule has 0 bridgehead atoms. The van der Waals surface area contributed by atoms with Crippen LogP contribution in [0.4, 0.5) is 0 Å². The van der Waals surface area contributed by atoms with Crippen molar-refractivity contribution < 1.29 is 8.83 Å². The molecule has 0 unspecified atom stereocenters. The second-order valence-corrected chi connectivity index (χ2v) is 27.2. The molecule has 0 aliphatic carbocycles. The van der Waals surface area contributed by atoms with Crippen molar-refractivity contribution in [2.24, 2.45) is 7.05 Å². The van der Waals surface area contributed by atoms with Gasteiger partial charge in [-0.05, 0) is 122 Å². The number of aromatic nitrogens is 1. The highest BCUT2D eigenvalue weighted by Crippen LogP contribution is 2.51. The first-order valence-electron chi connectivity index (χ1n) is 30.9. The van der Waals surface area contributed by atoms with Crippen LogP contribution in [0.25, 0.3) is 202 Å². The van der Waals surface area contributed by atoms with E-state index in [0.717, 1.165) is 27.7 Å². The molecule has 6 heteroatoms. The van der Waals surface area contributed by atoms with Crippen molar-refractivity contribution in [2.45, 2.75) is 0 Å². The van der Waals surface area contributed by atoms with Crippen molar-refractivity contribution in [1.82, 2.24) is 4.57 Å². The van der Waals surface area contributed by atoms with Gasteiger partial charge in [0.05, 0.1) is 0 Å². The Hall–Kier alpha value is -10.9. The Bertz CT molecular complexity index is 6720. The highest BCUT2D eigenvalue weighted by Gasteiger charge is 2.23. The number of pyridine rings is 1. The SMILES string of the molecule is Cn1c2ccccc2c2c3cccc4sc5ccccc5c(c5cccc1c52)c43.c1ccc(-c2ccc3oc4cccc5c4c(c3c2)c2cccc3sc4ccccc4c5c32)cc1.c1ccc2c(c1)oc1cccc3c1c2c1cccc2sc4ccccc4c3c21. The van der Waals surface area contributed by atoms with Crippen molar-refractivity contribution in [3.05, 3.63) is 279 Å². The van der Waals surface area contributed by atoms with Gasteiger partial charge in [0.2, 0.25) is 0 Å². The van der Waals surface area contributed by atoms with Crippen LogP contribution in [0, 0.1) is 0 Å². The molecule has 0 spiro atoms. The standard InChI is InChI=1S/C32H18OS.C27H17NS.C26H14OS/c1-2-8-19(9-3-1)20-16-17-25-24(18-20)30-23-12-7-15-28-32(23)29(21-10-4-5-14-27(21)34-28)22-11-6-13-26(33-25)31(22)30;1-28-20-12-4-2-8-16(20)24-19-11-7-15-23-27(19)25(17-9-3-5-14-22(17)29-23)18-10-6-13-21(28)26(18)24;1-3-11-19-15(7-1)23-18-10-6-14-22-26(18)24(16-8-2-4-13-21(16)28-22)17-9-5-12-20(27-19)25(17)23/h1-18H;2-15H,1H3;1-14H. The summed E-state index contributed by atoms with van der Waals surface area (Å²) in [4.78, 5) is 0. The summed E-state index contributed by atoms with van der Waals surface area (Å²) in [5.74, 6) is 0. The predicted octanol–water partition coefficient (Wildman–Crippen LogP) is 26.2. The van der Waals surface area contributed by atoms with Gasteiger partial charge in [-0.3, -0.25) is 0 Å². The molecule has 0 fully saturated rings. The number of hydrogen-bond donors (Lipinski definition) is 0. The second kappa shape index (κ2) is 19.6. The Kier molecular flexibility index (Phi) is 11.0. The fraction of sp³-hybridized carbons (Fsp3) is 0.0118. The second-order valence-electron chi connectivity index (χ2n) is 24.0. The molecular weight excluding hydrogens is 1160 g/mol. The Morgan fingerprint density at radius 1 is 0.209 bits per heavy atom. The topological polar surface area (TPSA) is 31.2 Å². The van der Waals surface area contributed by atoms with Gasteiger partial charge in [0.1, 0.15) is 22.3 Å². The van der Waals surface area contributed by atoms with Crippen LogP contribution < -0.4 is 0 Å². The van der Waals surface area contributed by atoms with Gasteiger partial charge in [0.25, 0.3) is 0 Å². The molecule has 6 heterocycles. The minimum Gasteiger partial charge on any atom is -0.456 e. The van der Waals surface area contributed by atoms with Crippen LogP contribution >= 0.6 is 34.0 Å². The zero-order valence-electron chi connectivity index (χ0n) is 49.0. The Labute approximate surface area is 531 Å². The zero-order chi connectivity index (χ0) is 59.6. The van der Waals surface area contributed by atoms with E-state index in [1.165, 1.54) is 174 Å². The molecule has 0 radical (unpaired) electrons. The van der Waals surface area contributed by atoms with E-state index < -0.39 is 0 Å². The molecular formula is C85H49NO2S3. The molecule has 16 aromatic carbocycles. The Morgan fingerprint density at radius 2 is 0.549 bits per heavy atom. The van der Waals surface area contributed by atoms with Gasteiger partial charge >= 0.3 is 0 Å². The van der Waals surface area contributed by atoms with Gasteiger partial charge in [-0.15, -0.1) is 34.0 Å². The molecule has 22 rings (SSSR count). The van der Waals surface area contributed by atoms with Crippen molar-refractivity contribution in [3.63, 3.8) is 0 Å². The number of fused-ring (bicyclic) bond motifs is 18. The smallest absolute Gasteiger partial charge is 0.135 e. The average molecular weight is 1210 g/mol. The van der Waals surface area contributed by atoms with Crippen molar-refractivity contribution >= 4 is 225 Å². The fourth-order valence-corrected chi connectivity index (χ4v) is 18.9. The van der Waals surface area contributed by atoms with E-state index in [4.69, 9.17) is 8.83 Å². The van der Waals surface area contributed by atoms with Gasteiger partial charge in [-0.2, -0.15) is 0 Å². The first-order valence-corrected chi connectivity index (χ1v) is 33.4. The molecule has 91 heavy (non-hydrogen) atoms. The molecule has 0 atom stereocenters. The van der Waals surface area contributed by atoms with Crippen LogP contribution in [0.3, 0.4) is 0 Å². The highest BCUT2D eigenvalue weighted by molar-refractivity contribution is 7.26. The van der Waals surface area contributed by atoms with Crippen LogP contribution in [-0.4, -0.2) is 4.57 Å². The van der Waals surface area contributed by atoms with Crippen molar-refractivity contribution in [1.29, 1.82) is 0 Å². The third-order valence-electron chi connectivity index (χ3n) is 19.3. The van der Waals surface area contributed by atoms with E-state index >= 15 is 0 Å². The largest absolute Gasteiger partial charge is 0.456 e. The molecule has 0 amide bonds. The number of rotatable bonds is 1. The first-order chi connectivity index (χ1) is 45.1. The molecule has 22 aromatic rings.